The largest absolute Gasteiger partial charge is 1.00 e. The zero-order valence-electron chi connectivity index (χ0n) is 13.9. The topological polar surface area (TPSA) is 8.81 Å². The van der Waals surface area contributed by atoms with Crippen LogP contribution in [0.4, 0.5) is 8.78 Å². The van der Waals surface area contributed by atoms with Crippen LogP contribution in [0.25, 0.3) is 22.5 Å². The van der Waals surface area contributed by atoms with E-state index in [1.54, 1.807) is 24.3 Å². The van der Waals surface area contributed by atoms with Gasteiger partial charge in [0.2, 0.25) is 6.33 Å². The minimum atomic E-state index is -0.265. The summed E-state index contributed by atoms with van der Waals surface area (Å²) in [5.41, 5.74) is 3.74. The summed E-state index contributed by atoms with van der Waals surface area (Å²) in [7, 11) is 0. The average Bonchev–Trinajstić information content (AvgIpc) is 2.95. The van der Waals surface area contributed by atoms with Crippen molar-refractivity contribution in [1.82, 2.24) is 4.57 Å². The van der Waals surface area contributed by atoms with Gasteiger partial charge in [-0.15, -0.1) is 0 Å². The van der Waals surface area contributed by atoms with Crippen molar-refractivity contribution in [1.29, 1.82) is 0 Å². The summed E-state index contributed by atoms with van der Waals surface area (Å²) < 4.78 is 30.5. The molecular formula is C19H18AgBrF2N2. The third-order valence-corrected chi connectivity index (χ3v) is 3.87. The van der Waals surface area contributed by atoms with Crippen molar-refractivity contribution in [2.24, 2.45) is 0 Å². The minimum absolute atomic E-state index is 0. The normalized spacial score (nSPS) is 10.1. The molecule has 0 aliphatic rings. The Kier molecular flexibility index (Phi) is 8.22. The first-order valence-electron chi connectivity index (χ1n) is 7.71. The monoisotopic (exact) mass is 498 g/mol. The smallest absolute Gasteiger partial charge is 1.00 e. The van der Waals surface area contributed by atoms with Crippen LogP contribution in [0.2, 0.25) is 0 Å². The summed E-state index contributed by atoms with van der Waals surface area (Å²) in [5, 5.41) is 0. The molecule has 25 heavy (non-hydrogen) atoms. The Bertz CT molecular complexity index is 747. The fraction of sp³-hybridized carbons (Fsp3) is 0.211. The van der Waals surface area contributed by atoms with Crippen LogP contribution in [0.1, 0.15) is 13.8 Å². The van der Waals surface area contributed by atoms with Crippen molar-refractivity contribution in [3.8, 4) is 22.5 Å². The van der Waals surface area contributed by atoms with Gasteiger partial charge in [-0.2, -0.15) is 0 Å². The van der Waals surface area contributed by atoms with Crippen LogP contribution in [-0.4, -0.2) is 4.57 Å². The van der Waals surface area contributed by atoms with Gasteiger partial charge in [0.05, 0.1) is 13.1 Å². The Hall–Kier alpha value is -1.27. The van der Waals surface area contributed by atoms with Gasteiger partial charge < -0.3 is 26.1 Å². The zero-order valence-corrected chi connectivity index (χ0v) is 16.9. The molecule has 136 valence electrons. The fourth-order valence-electron chi connectivity index (χ4n) is 2.76. The summed E-state index contributed by atoms with van der Waals surface area (Å²) in [5.74, 6) is -0.530. The van der Waals surface area contributed by atoms with E-state index in [2.05, 4.69) is 6.33 Å². The van der Waals surface area contributed by atoms with Crippen molar-refractivity contribution < 1.29 is 52.7 Å². The van der Waals surface area contributed by atoms with Gasteiger partial charge in [-0.1, -0.05) is 24.3 Å². The Balaban J connectivity index is 0.00000156. The van der Waals surface area contributed by atoms with Gasteiger partial charge in [-0.25, -0.2) is 8.78 Å². The van der Waals surface area contributed by atoms with Crippen molar-refractivity contribution in [3.63, 3.8) is 0 Å². The maximum Gasteiger partial charge on any atom is 1.00 e. The number of imidazole rings is 1. The summed E-state index contributed by atoms with van der Waals surface area (Å²) in [4.78, 5) is 0. The van der Waals surface area contributed by atoms with Crippen molar-refractivity contribution in [3.05, 3.63) is 66.5 Å². The van der Waals surface area contributed by atoms with Crippen LogP contribution >= 0.6 is 0 Å². The van der Waals surface area contributed by atoms with E-state index >= 15 is 0 Å². The first-order valence-corrected chi connectivity index (χ1v) is 7.71. The van der Waals surface area contributed by atoms with Crippen LogP contribution in [0, 0.1) is 18.0 Å². The van der Waals surface area contributed by atoms with E-state index in [1.165, 1.54) is 24.3 Å². The number of halogens is 3. The van der Waals surface area contributed by atoms with Crippen molar-refractivity contribution in [2.45, 2.75) is 26.9 Å². The van der Waals surface area contributed by atoms with E-state index in [-0.39, 0.29) is 51.0 Å². The number of nitrogens with zero attached hydrogens (tertiary/aromatic N) is 2. The zero-order chi connectivity index (χ0) is 16.4. The fourth-order valence-corrected chi connectivity index (χ4v) is 2.76. The molecule has 0 saturated heterocycles. The van der Waals surface area contributed by atoms with E-state index in [0.29, 0.717) is 0 Å². The minimum Gasteiger partial charge on any atom is -1.00 e. The summed E-state index contributed by atoms with van der Waals surface area (Å²) in [6.45, 7) is 5.57. The molecule has 0 saturated carbocycles. The Labute approximate surface area is 172 Å². The second-order valence-electron chi connectivity index (χ2n) is 5.30. The Morgan fingerprint density at radius 1 is 0.880 bits per heavy atom. The maximum atomic E-state index is 13.3. The van der Waals surface area contributed by atoms with Gasteiger partial charge >= 0.3 is 22.4 Å². The van der Waals surface area contributed by atoms with Gasteiger partial charge in [0.1, 0.15) is 11.6 Å². The quantitative estimate of drug-likeness (QED) is 0.290. The molecule has 6 heteroatoms. The molecule has 1 heterocycles. The molecule has 3 aromatic rings. The molecule has 0 radical (unpaired) electrons. The third kappa shape index (κ3) is 4.47. The predicted octanol–water partition coefficient (Wildman–Crippen LogP) is 1.23. The molecule has 0 fully saturated rings. The SMILES string of the molecule is CCn1[c-][n+](CC)c(-c2ccc(F)cc2)c1-c1ccc(F)cc1.[Ag+].[Br-]. The molecule has 3 rings (SSSR count). The summed E-state index contributed by atoms with van der Waals surface area (Å²) in [6, 6.07) is 12.9. The molecule has 0 spiro atoms. The number of aromatic nitrogens is 2. The second kappa shape index (κ2) is 9.43. The summed E-state index contributed by atoms with van der Waals surface area (Å²) >= 11 is 0. The number of hydrogen-bond donors (Lipinski definition) is 0. The van der Waals surface area contributed by atoms with E-state index in [9.17, 15) is 8.78 Å². The van der Waals surface area contributed by atoms with Crippen molar-refractivity contribution >= 4 is 0 Å². The Morgan fingerprint density at radius 3 is 1.80 bits per heavy atom. The average molecular weight is 500 g/mol. The van der Waals surface area contributed by atoms with Crippen LogP contribution < -0.4 is 21.5 Å². The van der Waals surface area contributed by atoms with Crippen molar-refractivity contribution in [2.75, 3.05) is 0 Å². The predicted molar refractivity (Wildman–Crippen MR) is 85.6 cm³/mol. The van der Waals surface area contributed by atoms with Gasteiger partial charge in [0.25, 0.3) is 0 Å². The van der Waals surface area contributed by atoms with E-state index in [1.807, 2.05) is 23.0 Å². The van der Waals surface area contributed by atoms with Gasteiger partial charge in [0.15, 0.2) is 0 Å². The summed E-state index contributed by atoms with van der Waals surface area (Å²) in [6.07, 6.45) is 3.32. The first kappa shape index (κ1) is 21.8. The molecule has 2 aromatic carbocycles. The standard InChI is InChI=1S/C19H18F2N2.Ag.BrH/c1-3-22-13-23(4-2)19(15-7-11-17(21)12-8-15)18(22)14-5-9-16(20)10-6-14;;/h5-12H,3-4H2,1-2H3;;1H/q;+1;/p-1. The molecule has 0 atom stereocenters. The van der Waals surface area contributed by atoms with E-state index in [0.717, 1.165) is 35.6 Å². The maximum absolute atomic E-state index is 13.3. The third-order valence-electron chi connectivity index (χ3n) is 3.87. The number of aryl methyl sites for hydroxylation is 2. The molecule has 2 nitrogen and oxygen atoms in total. The molecule has 0 bridgehead atoms. The number of benzene rings is 2. The van der Waals surface area contributed by atoms with Crippen LogP contribution in [0.3, 0.4) is 0 Å². The van der Waals surface area contributed by atoms with Gasteiger partial charge in [0, 0.05) is 11.4 Å². The molecule has 0 N–H and O–H groups in total. The molecule has 1 aromatic heterocycles. The molecule has 0 aliphatic heterocycles. The second-order valence-corrected chi connectivity index (χ2v) is 5.30. The molecule has 0 unspecified atom stereocenters. The Morgan fingerprint density at radius 2 is 1.36 bits per heavy atom. The molecular weight excluding hydrogens is 482 g/mol. The van der Waals surface area contributed by atoms with Crippen LogP contribution in [0.15, 0.2) is 48.5 Å². The first-order chi connectivity index (χ1) is 11.1. The molecule has 0 amide bonds. The van der Waals surface area contributed by atoms with E-state index in [4.69, 9.17) is 0 Å². The number of hydrogen-bond acceptors (Lipinski definition) is 0. The molecule has 0 aliphatic carbocycles. The van der Waals surface area contributed by atoms with Gasteiger partial charge in [-0.3, -0.25) is 0 Å². The van der Waals surface area contributed by atoms with Crippen LogP contribution in [0.5, 0.6) is 0 Å². The number of rotatable bonds is 4. The van der Waals surface area contributed by atoms with Gasteiger partial charge in [-0.05, 0) is 49.2 Å². The van der Waals surface area contributed by atoms with Crippen LogP contribution in [-0.2, 0) is 35.5 Å². The van der Waals surface area contributed by atoms with E-state index < -0.39 is 0 Å².